The normalized spacial score (nSPS) is 10.1. The average molecular weight is 342 g/mol. The largest absolute Gasteiger partial charge is 0.466 e. The van der Waals surface area contributed by atoms with Crippen LogP contribution in [0.15, 0.2) is 18.2 Å². The van der Waals surface area contributed by atoms with Crippen molar-refractivity contribution in [2.24, 2.45) is 0 Å². The van der Waals surface area contributed by atoms with Crippen LogP contribution in [-0.2, 0) is 14.3 Å². The number of hydrogen-bond donors (Lipinski definition) is 2. The first-order valence-electron chi connectivity index (χ1n) is 7.59. The monoisotopic (exact) mass is 342 g/mol. The quantitative estimate of drug-likeness (QED) is 0.527. The molecule has 132 valence electrons. The van der Waals surface area contributed by atoms with Gasteiger partial charge < -0.3 is 15.4 Å². The number of nitrogens with one attached hydrogen (secondary N) is 2. The minimum Gasteiger partial charge on any atom is -0.466 e. The predicted octanol–water partition coefficient (Wildman–Crippen LogP) is 1.54. The van der Waals surface area contributed by atoms with Gasteiger partial charge in [-0.2, -0.15) is 0 Å². The van der Waals surface area contributed by atoms with Crippen LogP contribution in [0, 0.1) is 11.6 Å². The number of ether oxygens (including phenoxy) is 1. The fraction of sp³-hybridized carbons (Fsp3) is 0.438. The van der Waals surface area contributed by atoms with E-state index in [0.29, 0.717) is 25.6 Å². The van der Waals surface area contributed by atoms with Crippen molar-refractivity contribution in [2.45, 2.75) is 26.2 Å². The maximum absolute atomic E-state index is 13.4. The van der Waals surface area contributed by atoms with Crippen molar-refractivity contribution in [2.75, 3.05) is 19.7 Å². The highest BCUT2D eigenvalue weighted by Crippen LogP contribution is 2.09. The second-order valence-corrected chi connectivity index (χ2v) is 4.89. The Hall–Kier alpha value is -2.51. The molecule has 2 N–H and O–H groups in total. The first-order chi connectivity index (χ1) is 11.4. The Bertz CT molecular complexity index is 593. The highest BCUT2D eigenvalue weighted by atomic mass is 19.1. The number of carbonyl (C=O) groups is 3. The van der Waals surface area contributed by atoms with Gasteiger partial charge in [0.05, 0.1) is 12.2 Å². The molecule has 0 unspecified atom stereocenters. The van der Waals surface area contributed by atoms with Gasteiger partial charge in [0.1, 0.15) is 11.6 Å². The lowest BCUT2D eigenvalue weighted by Gasteiger charge is -2.07. The van der Waals surface area contributed by atoms with Crippen molar-refractivity contribution in [1.29, 1.82) is 0 Å². The van der Waals surface area contributed by atoms with Gasteiger partial charge in [-0.15, -0.1) is 0 Å². The molecule has 0 aliphatic heterocycles. The summed E-state index contributed by atoms with van der Waals surface area (Å²) < 4.78 is 30.9. The van der Waals surface area contributed by atoms with Gasteiger partial charge in [0, 0.05) is 32.0 Å². The van der Waals surface area contributed by atoms with E-state index in [-0.39, 0.29) is 36.8 Å². The molecule has 0 saturated heterocycles. The topological polar surface area (TPSA) is 84.5 Å². The van der Waals surface area contributed by atoms with Crippen molar-refractivity contribution in [1.82, 2.24) is 10.6 Å². The molecule has 0 radical (unpaired) electrons. The molecule has 0 fully saturated rings. The Morgan fingerprint density at radius 3 is 2.50 bits per heavy atom. The number of hydrogen-bond acceptors (Lipinski definition) is 4. The molecular weight excluding hydrogens is 322 g/mol. The zero-order valence-corrected chi connectivity index (χ0v) is 13.4. The van der Waals surface area contributed by atoms with Gasteiger partial charge in [-0.05, 0) is 25.5 Å². The molecule has 1 aromatic rings. The Labute approximate surface area is 138 Å². The number of esters is 1. The molecule has 0 heterocycles. The molecule has 0 aromatic heterocycles. The molecule has 0 saturated carbocycles. The molecule has 0 bridgehead atoms. The lowest BCUT2D eigenvalue weighted by Crippen LogP contribution is -2.31. The molecule has 24 heavy (non-hydrogen) atoms. The third-order valence-electron chi connectivity index (χ3n) is 3.00. The first kappa shape index (κ1) is 19.5. The summed E-state index contributed by atoms with van der Waals surface area (Å²) >= 11 is 0. The standard InChI is InChI=1S/C16H20F2N2O4/c1-2-24-15(22)4-3-8-19-14(21)7-9-20-16(23)12-6-5-11(17)10-13(12)18/h5-6,10H,2-4,7-9H2,1H3,(H,19,21)(H,20,23). The lowest BCUT2D eigenvalue weighted by molar-refractivity contribution is -0.143. The summed E-state index contributed by atoms with van der Waals surface area (Å²) in [6.45, 7) is 2.36. The fourth-order valence-corrected chi connectivity index (χ4v) is 1.84. The van der Waals surface area contributed by atoms with E-state index in [1.54, 1.807) is 6.92 Å². The van der Waals surface area contributed by atoms with Gasteiger partial charge in [-0.1, -0.05) is 0 Å². The van der Waals surface area contributed by atoms with Crippen LogP contribution < -0.4 is 10.6 Å². The van der Waals surface area contributed by atoms with E-state index in [4.69, 9.17) is 4.74 Å². The molecule has 1 aromatic carbocycles. The summed E-state index contributed by atoms with van der Waals surface area (Å²) in [5.41, 5.74) is -0.286. The number of halogens is 2. The lowest BCUT2D eigenvalue weighted by atomic mass is 10.2. The molecule has 0 aliphatic rings. The zero-order valence-electron chi connectivity index (χ0n) is 13.4. The number of amides is 2. The summed E-state index contributed by atoms with van der Waals surface area (Å²) in [5, 5.41) is 4.97. The van der Waals surface area contributed by atoms with E-state index in [1.807, 2.05) is 0 Å². The summed E-state index contributed by atoms with van der Waals surface area (Å²) in [5.74, 6) is -3.08. The third-order valence-corrected chi connectivity index (χ3v) is 3.00. The van der Waals surface area contributed by atoms with E-state index in [0.717, 1.165) is 12.1 Å². The molecule has 0 spiro atoms. The van der Waals surface area contributed by atoms with Crippen LogP contribution in [0.1, 0.15) is 36.5 Å². The Morgan fingerprint density at radius 1 is 1.08 bits per heavy atom. The highest BCUT2D eigenvalue weighted by Gasteiger charge is 2.12. The second kappa shape index (κ2) is 10.3. The smallest absolute Gasteiger partial charge is 0.305 e. The van der Waals surface area contributed by atoms with Crippen LogP contribution in [0.2, 0.25) is 0 Å². The molecule has 8 heteroatoms. The number of carbonyl (C=O) groups excluding carboxylic acids is 3. The van der Waals surface area contributed by atoms with Crippen LogP contribution in [0.3, 0.4) is 0 Å². The van der Waals surface area contributed by atoms with E-state index in [2.05, 4.69) is 10.6 Å². The molecular formula is C16H20F2N2O4. The van der Waals surface area contributed by atoms with Gasteiger partial charge in [0.2, 0.25) is 5.91 Å². The molecule has 0 atom stereocenters. The van der Waals surface area contributed by atoms with Crippen molar-refractivity contribution in [3.8, 4) is 0 Å². The fourth-order valence-electron chi connectivity index (χ4n) is 1.84. The van der Waals surface area contributed by atoms with Crippen LogP contribution >= 0.6 is 0 Å². The maximum Gasteiger partial charge on any atom is 0.305 e. The van der Waals surface area contributed by atoms with Crippen LogP contribution in [0.5, 0.6) is 0 Å². The van der Waals surface area contributed by atoms with Crippen LogP contribution in [-0.4, -0.2) is 37.5 Å². The second-order valence-electron chi connectivity index (χ2n) is 4.89. The Kier molecular flexibility index (Phi) is 8.38. The molecule has 0 aliphatic carbocycles. The van der Waals surface area contributed by atoms with Gasteiger partial charge in [-0.3, -0.25) is 14.4 Å². The summed E-state index contributed by atoms with van der Waals surface area (Å²) in [6.07, 6.45) is 0.681. The van der Waals surface area contributed by atoms with Crippen molar-refractivity contribution in [3.63, 3.8) is 0 Å². The van der Waals surface area contributed by atoms with Crippen LogP contribution in [0.25, 0.3) is 0 Å². The van der Waals surface area contributed by atoms with E-state index >= 15 is 0 Å². The predicted molar refractivity (Wildman–Crippen MR) is 82.2 cm³/mol. The first-order valence-corrected chi connectivity index (χ1v) is 7.59. The molecule has 1 rings (SSSR count). The van der Waals surface area contributed by atoms with Crippen molar-refractivity contribution >= 4 is 17.8 Å². The number of benzene rings is 1. The summed E-state index contributed by atoms with van der Waals surface area (Å²) in [7, 11) is 0. The van der Waals surface area contributed by atoms with Gasteiger partial charge in [0.15, 0.2) is 0 Å². The number of rotatable bonds is 9. The highest BCUT2D eigenvalue weighted by molar-refractivity contribution is 5.94. The van der Waals surface area contributed by atoms with Crippen molar-refractivity contribution < 1.29 is 27.9 Å². The van der Waals surface area contributed by atoms with Crippen LogP contribution in [0.4, 0.5) is 8.78 Å². The van der Waals surface area contributed by atoms with E-state index in [1.165, 1.54) is 0 Å². The Morgan fingerprint density at radius 2 is 1.83 bits per heavy atom. The zero-order chi connectivity index (χ0) is 17.9. The average Bonchev–Trinajstić information content (AvgIpc) is 2.51. The Balaban J connectivity index is 2.21. The van der Waals surface area contributed by atoms with Gasteiger partial charge in [-0.25, -0.2) is 8.78 Å². The molecule has 2 amide bonds. The summed E-state index contributed by atoms with van der Waals surface area (Å²) in [4.78, 5) is 34.3. The van der Waals surface area contributed by atoms with Crippen molar-refractivity contribution in [3.05, 3.63) is 35.4 Å². The van der Waals surface area contributed by atoms with E-state index in [9.17, 15) is 23.2 Å². The third kappa shape index (κ3) is 7.17. The maximum atomic E-state index is 13.4. The van der Waals surface area contributed by atoms with Gasteiger partial charge >= 0.3 is 5.97 Å². The summed E-state index contributed by atoms with van der Waals surface area (Å²) in [6, 6.07) is 2.63. The minimum atomic E-state index is -0.962. The SMILES string of the molecule is CCOC(=O)CCCNC(=O)CCNC(=O)c1ccc(F)cc1F. The van der Waals surface area contributed by atoms with Gasteiger partial charge in [0.25, 0.3) is 5.91 Å². The van der Waals surface area contributed by atoms with E-state index < -0.39 is 17.5 Å². The minimum absolute atomic E-state index is 0.00790. The molecule has 6 nitrogen and oxygen atoms in total.